The summed E-state index contributed by atoms with van der Waals surface area (Å²) in [5.74, 6) is -0.415. The molecule has 0 aliphatic carbocycles. The van der Waals surface area contributed by atoms with Gasteiger partial charge in [-0.1, -0.05) is 23.9 Å². The van der Waals surface area contributed by atoms with E-state index in [-0.39, 0.29) is 23.5 Å². The van der Waals surface area contributed by atoms with Gasteiger partial charge in [0.25, 0.3) is 5.22 Å². The largest absolute Gasteiger partial charge is 0.462 e. The SMILES string of the molecule is CCOC(=O)c1ccccc1NC(=O)CSc1nnc(-c2cccnc2)o1. The fraction of sp³-hybridized carbons (Fsp3) is 0.167. The zero-order chi connectivity index (χ0) is 19.1. The highest BCUT2D eigenvalue weighted by Gasteiger charge is 2.15. The predicted octanol–water partition coefficient (Wildman–Crippen LogP) is 3.04. The van der Waals surface area contributed by atoms with Gasteiger partial charge in [-0.2, -0.15) is 0 Å². The minimum absolute atomic E-state index is 0.0475. The molecule has 2 aromatic heterocycles. The molecule has 3 aromatic rings. The Bertz CT molecular complexity index is 930. The first-order valence-electron chi connectivity index (χ1n) is 8.10. The van der Waals surface area contributed by atoms with E-state index in [1.54, 1.807) is 55.7 Å². The molecule has 27 heavy (non-hydrogen) atoms. The maximum absolute atomic E-state index is 12.2. The van der Waals surface area contributed by atoms with E-state index in [9.17, 15) is 9.59 Å². The van der Waals surface area contributed by atoms with Crippen LogP contribution in [0.2, 0.25) is 0 Å². The third-order valence-corrected chi connectivity index (χ3v) is 4.16. The minimum atomic E-state index is -0.487. The predicted molar refractivity (Wildman–Crippen MR) is 99.3 cm³/mol. The lowest BCUT2D eigenvalue weighted by atomic mass is 10.2. The molecule has 0 atom stereocenters. The molecule has 0 spiro atoms. The number of hydrogen-bond acceptors (Lipinski definition) is 8. The molecule has 0 fully saturated rings. The van der Waals surface area contributed by atoms with Crippen LogP contribution in [0, 0.1) is 0 Å². The van der Waals surface area contributed by atoms with Crippen LogP contribution in [0.4, 0.5) is 5.69 Å². The highest BCUT2D eigenvalue weighted by atomic mass is 32.2. The Hall–Kier alpha value is -3.20. The molecule has 0 saturated carbocycles. The van der Waals surface area contributed by atoms with Gasteiger partial charge in [-0.05, 0) is 31.2 Å². The molecule has 1 amide bonds. The number of anilines is 1. The average molecular weight is 384 g/mol. The molecule has 0 radical (unpaired) electrons. The van der Waals surface area contributed by atoms with Gasteiger partial charge in [-0.25, -0.2) is 4.79 Å². The number of nitrogens with zero attached hydrogens (tertiary/aromatic N) is 3. The number of thioether (sulfide) groups is 1. The summed E-state index contributed by atoms with van der Waals surface area (Å²) in [6.07, 6.45) is 3.26. The van der Waals surface area contributed by atoms with Crippen molar-refractivity contribution in [3.8, 4) is 11.5 Å². The Balaban J connectivity index is 1.60. The second-order valence-corrected chi connectivity index (χ2v) is 6.14. The Morgan fingerprint density at radius 1 is 1.19 bits per heavy atom. The van der Waals surface area contributed by atoms with Crippen LogP contribution in [0.5, 0.6) is 0 Å². The summed E-state index contributed by atoms with van der Waals surface area (Å²) < 4.78 is 10.5. The van der Waals surface area contributed by atoms with Gasteiger partial charge in [-0.15, -0.1) is 10.2 Å². The minimum Gasteiger partial charge on any atom is -0.462 e. The highest BCUT2D eigenvalue weighted by Crippen LogP contribution is 2.23. The molecule has 8 nitrogen and oxygen atoms in total. The number of carbonyl (C=O) groups is 2. The van der Waals surface area contributed by atoms with Crippen LogP contribution in [-0.2, 0) is 9.53 Å². The van der Waals surface area contributed by atoms with Gasteiger partial charge in [0.2, 0.25) is 11.8 Å². The van der Waals surface area contributed by atoms with Crippen LogP contribution >= 0.6 is 11.8 Å². The van der Waals surface area contributed by atoms with E-state index < -0.39 is 5.97 Å². The highest BCUT2D eigenvalue weighted by molar-refractivity contribution is 7.99. The van der Waals surface area contributed by atoms with Crippen molar-refractivity contribution in [2.24, 2.45) is 0 Å². The molecular weight excluding hydrogens is 368 g/mol. The van der Waals surface area contributed by atoms with Crippen LogP contribution in [0.3, 0.4) is 0 Å². The molecule has 3 rings (SSSR count). The molecule has 1 aromatic carbocycles. The van der Waals surface area contributed by atoms with Gasteiger partial charge in [0.1, 0.15) is 0 Å². The zero-order valence-corrected chi connectivity index (χ0v) is 15.2. The molecule has 0 aliphatic rings. The maximum Gasteiger partial charge on any atom is 0.340 e. The van der Waals surface area contributed by atoms with Crippen molar-refractivity contribution >= 4 is 29.3 Å². The zero-order valence-electron chi connectivity index (χ0n) is 14.4. The molecule has 0 unspecified atom stereocenters. The van der Waals surface area contributed by atoms with E-state index >= 15 is 0 Å². The molecule has 0 bridgehead atoms. The lowest BCUT2D eigenvalue weighted by Gasteiger charge is -2.09. The van der Waals surface area contributed by atoms with E-state index in [0.29, 0.717) is 22.7 Å². The van der Waals surface area contributed by atoms with Gasteiger partial charge in [0, 0.05) is 12.4 Å². The van der Waals surface area contributed by atoms with Crippen molar-refractivity contribution in [3.05, 3.63) is 54.4 Å². The molecule has 9 heteroatoms. The fourth-order valence-electron chi connectivity index (χ4n) is 2.17. The standard InChI is InChI=1S/C18H16N4O4S/c1-2-25-17(24)13-7-3-4-8-14(13)20-15(23)11-27-18-22-21-16(26-18)12-6-5-9-19-10-12/h3-10H,2,11H2,1H3,(H,20,23). The van der Waals surface area contributed by atoms with Gasteiger partial charge < -0.3 is 14.5 Å². The number of nitrogens with one attached hydrogen (secondary N) is 1. The number of carbonyl (C=O) groups excluding carboxylic acids is 2. The monoisotopic (exact) mass is 384 g/mol. The smallest absolute Gasteiger partial charge is 0.340 e. The summed E-state index contributed by atoms with van der Waals surface area (Å²) in [5.41, 5.74) is 1.39. The lowest BCUT2D eigenvalue weighted by molar-refractivity contribution is -0.113. The van der Waals surface area contributed by atoms with Gasteiger partial charge in [0.15, 0.2) is 0 Å². The van der Waals surface area contributed by atoms with E-state index in [2.05, 4.69) is 20.5 Å². The average Bonchev–Trinajstić information content (AvgIpc) is 3.17. The normalized spacial score (nSPS) is 10.4. The number of benzene rings is 1. The number of esters is 1. The summed E-state index contributed by atoms with van der Waals surface area (Å²) in [6.45, 7) is 1.98. The number of para-hydroxylation sites is 1. The molecule has 0 aliphatic heterocycles. The Labute approximate surface area is 159 Å². The van der Waals surface area contributed by atoms with Crippen molar-refractivity contribution in [3.63, 3.8) is 0 Å². The van der Waals surface area contributed by atoms with E-state index in [1.807, 2.05) is 0 Å². The van der Waals surface area contributed by atoms with Crippen LogP contribution in [0.15, 0.2) is 58.4 Å². The first-order chi connectivity index (χ1) is 13.2. The third kappa shape index (κ3) is 4.91. The number of aromatic nitrogens is 3. The summed E-state index contributed by atoms with van der Waals surface area (Å²) in [6, 6.07) is 10.2. The van der Waals surface area contributed by atoms with E-state index in [1.165, 1.54) is 0 Å². The van der Waals surface area contributed by atoms with Crippen molar-refractivity contribution in [2.75, 3.05) is 17.7 Å². The topological polar surface area (TPSA) is 107 Å². The summed E-state index contributed by atoms with van der Waals surface area (Å²) in [4.78, 5) is 28.1. The number of pyridine rings is 1. The number of rotatable bonds is 7. The molecule has 2 heterocycles. The second kappa shape index (κ2) is 8.95. The van der Waals surface area contributed by atoms with Crippen molar-refractivity contribution in [2.45, 2.75) is 12.1 Å². The van der Waals surface area contributed by atoms with Crippen LogP contribution in [-0.4, -0.2) is 39.4 Å². The molecule has 0 saturated heterocycles. The quantitative estimate of drug-likeness (QED) is 0.489. The Kier molecular flexibility index (Phi) is 6.16. The second-order valence-electron chi connectivity index (χ2n) is 5.22. The van der Waals surface area contributed by atoms with Crippen molar-refractivity contribution in [1.82, 2.24) is 15.2 Å². The lowest BCUT2D eigenvalue weighted by Crippen LogP contribution is -2.17. The molecular formula is C18H16N4O4S. The third-order valence-electron chi connectivity index (χ3n) is 3.34. The van der Waals surface area contributed by atoms with Crippen LogP contribution in [0.25, 0.3) is 11.5 Å². The van der Waals surface area contributed by atoms with Crippen LogP contribution < -0.4 is 5.32 Å². The van der Waals surface area contributed by atoms with Gasteiger partial charge in [-0.3, -0.25) is 9.78 Å². The van der Waals surface area contributed by atoms with Crippen molar-refractivity contribution < 1.29 is 18.7 Å². The molecule has 1 N–H and O–H groups in total. The van der Waals surface area contributed by atoms with Gasteiger partial charge >= 0.3 is 5.97 Å². The Morgan fingerprint density at radius 2 is 2.04 bits per heavy atom. The van der Waals surface area contributed by atoms with Crippen LogP contribution in [0.1, 0.15) is 17.3 Å². The first kappa shape index (κ1) is 18.6. The fourth-order valence-corrected chi connectivity index (χ4v) is 2.73. The summed E-state index contributed by atoms with van der Waals surface area (Å²) in [7, 11) is 0. The van der Waals surface area contributed by atoms with E-state index in [0.717, 1.165) is 11.8 Å². The number of ether oxygens (including phenoxy) is 1. The molecule has 138 valence electrons. The summed E-state index contributed by atoms with van der Waals surface area (Å²) >= 11 is 1.10. The van der Waals surface area contributed by atoms with Crippen molar-refractivity contribution in [1.29, 1.82) is 0 Å². The maximum atomic E-state index is 12.2. The number of amides is 1. The van der Waals surface area contributed by atoms with Gasteiger partial charge in [0.05, 0.1) is 29.2 Å². The number of hydrogen-bond donors (Lipinski definition) is 1. The summed E-state index contributed by atoms with van der Waals surface area (Å²) in [5, 5.41) is 10.8. The van der Waals surface area contributed by atoms with E-state index in [4.69, 9.17) is 9.15 Å². The Morgan fingerprint density at radius 3 is 2.81 bits per heavy atom. The first-order valence-corrected chi connectivity index (χ1v) is 9.08.